The van der Waals surface area contributed by atoms with Crippen LogP contribution < -0.4 is 0 Å². The number of aromatic carboxylic acids is 1. The molecule has 6 heteroatoms. The fourth-order valence-corrected chi connectivity index (χ4v) is 2.20. The molecule has 2 rings (SSSR count). The van der Waals surface area contributed by atoms with Gasteiger partial charge < -0.3 is 9.67 Å². The van der Waals surface area contributed by atoms with Gasteiger partial charge in [-0.1, -0.05) is 23.2 Å². The number of carboxylic acids is 1. The molecule has 1 aromatic carbocycles. The highest BCUT2D eigenvalue weighted by molar-refractivity contribution is 6.35. The Morgan fingerprint density at radius 3 is 2.42 bits per heavy atom. The molecule has 0 bridgehead atoms. The monoisotopic (exact) mass is 297 g/mol. The number of aromatic nitrogens is 1. The van der Waals surface area contributed by atoms with Crippen molar-refractivity contribution in [3.63, 3.8) is 0 Å². The molecular formula is C13H9Cl2NO3. The first-order valence-corrected chi connectivity index (χ1v) is 6.08. The molecule has 0 fully saturated rings. The van der Waals surface area contributed by atoms with Crippen LogP contribution in [0.5, 0.6) is 0 Å². The molecule has 0 atom stereocenters. The molecule has 0 spiro atoms. The largest absolute Gasteiger partial charge is 0.477 e. The predicted molar refractivity (Wildman–Crippen MR) is 72.8 cm³/mol. The molecule has 98 valence electrons. The topological polar surface area (TPSA) is 59.3 Å². The van der Waals surface area contributed by atoms with Gasteiger partial charge in [0.05, 0.1) is 10.7 Å². The number of halogens is 2. The van der Waals surface area contributed by atoms with E-state index in [0.717, 1.165) is 0 Å². The summed E-state index contributed by atoms with van der Waals surface area (Å²) in [5.74, 6) is -1.36. The van der Waals surface area contributed by atoms with Crippen molar-refractivity contribution in [1.29, 1.82) is 0 Å². The molecule has 0 aliphatic rings. The lowest BCUT2D eigenvalue weighted by Crippen LogP contribution is -2.05. The molecule has 19 heavy (non-hydrogen) atoms. The van der Waals surface area contributed by atoms with Crippen molar-refractivity contribution in [2.75, 3.05) is 0 Å². The van der Waals surface area contributed by atoms with Crippen molar-refractivity contribution in [1.82, 2.24) is 4.57 Å². The van der Waals surface area contributed by atoms with E-state index in [4.69, 9.17) is 28.3 Å². The smallest absolute Gasteiger partial charge is 0.352 e. The SMILES string of the molecule is CC(=O)c1cc(C(=O)O)n(-c2ccc(Cl)cc2Cl)c1. The molecule has 0 amide bonds. The molecule has 0 aliphatic carbocycles. The number of rotatable bonds is 3. The molecule has 4 nitrogen and oxygen atoms in total. The molecule has 0 radical (unpaired) electrons. The third-order valence-electron chi connectivity index (χ3n) is 2.61. The summed E-state index contributed by atoms with van der Waals surface area (Å²) < 4.78 is 1.36. The third kappa shape index (κ3) is 2.64. The zero-order valence-corrected chi connectivity index (χ0v) is 11.4. The van der Waals surface area contributed by atoms with Gasteiger partial charge in [0.2, 0.25) is 0 Å². The van der Waals surface area contributed by atoms with Crippen LogP contribution in [0.25, 0.3) is 5.69 Å². The molecule has 2 aromatic rings. The van der Waals surface area contributed by atoms with Crippen molar-refractivity contribution in [2.45, 2.75) is 6.92 Å². The van der Waals surface area contributed by atoms with Crippen molar-refractivity contribution < 1.29 is 14.7 Å². The number of hydrogen-bond donors (Lipinski definition) is 1. The number of Topliss-reactive ketones (excluding diaryl/α,β-unsaturated/α-hetero) is 1. The maximum absolute atomic E-state index is 11.3. The van der Waals surface area contributed by atoms with Crippen molar-refractivity contribution in [2.24, 2.45) is 0 Å². The van der Waals surface area contributed by atoms with Gasteiger partial charge in [0, 0.05) is 16.8 Å². The number of benzene rings is 1. The first-order valence-electron chi connectivity index (χ1n) is 5.32. The molecular weight excluding hydrogens is 289 g/mol. The number of carbonyl (C=O) groups is 2. The normalized spacial score (nSPS) is 10.5. The Balaban J connectivity index is 2.66. The van der Waals surface area contributed by atoms with Crippen LogP contribution in [-0.4, -0.2) is 21.4 Å². The van der Waals surface area contributed by atoms with Crippen LogP contribution in [0.3, 0.4) is 0 Å². The lowest BCUT2D eigenvalue weighted by molar-refractivity contribution is 0.0688. The molecule has 1 heterocycles. The highest BCUT2D eigenvalue weighted by Gasteiger charge is 2.17. The van der Waals surface area contributed by atoms with E-state index in [1.165, 1.54) is 29.8 Å². The third-order valence-corrected chi connectivity index (χ3v) is 3.15. The summed E-state index contributed by atoms with van der Waals surface area (Å²) in [4.78, 5) is 22.6. The summed E-state index contributed by atoms with van der Waals surface area (Å²) in [6.07, 6.45) is 1.45. The maximum atomic E-state index is 11.3. The van der Waals surface area contributed by atoms with Gasteiger partial charge in [-0.2, -0.15) is 0 Å². The van der Waals surface area contributed by atoms with Gasteiger partial charge in [-0.05, 0) is 31.2 Å². The Morgan fingerprint density at radius 1 is 1.21 bits per heavy atom. The van der Waals surface area contributed by atoms with E-state index >= 15 is 0 Å². The van der Waals surface area contributed by atoms with Gasteiger partial charge in [0.15, 0.2) is 5.78 Å². The molecule has 1 aromatic heterocycles. The maximum Gasteiger partial charge on any atom is 0.352 e. The fourth-order valence-electron chi connectivity index (χ4n) is 1.70. The van der Waals surface area contributed by atoms with Crippen LogP contribution >= 0.6 is 23.2 Å². The Kier molecular flexibility index (Phi) is 3.64. The van der Waals surface area contributed by atoms with Crippen LogP contribution in [0.1, 0.15) is 27.8 Å². The van der Waals surface area contributed by atoms with Crippen LogP contribution in [-0.2, 0) is 0 Å². The second-order valence-corrected chi connectivity index (χ2v) is 4.78. The van der Waals surface area contributed by atoms with E-state index in [9.17, 15) is 9.59 Å². The van der Waals surface area contributed by atoms with E-state index in [-0.39, 0.29) is 11.5 Å². The lowest BCUT2D eigenvalue weighted by Gasteiger charge is -2.08. The molecule has 0 aliphatic heterocycles. The zero-order valence-electron chi connectivity index (χ0n) is 9.85. The van der Waals surface area contributed by atoms with Crippen LogP contribution in [0.4, 0.5) is 0 Å². The summed E-state index contributed by atoms with van der Waals surface area (Å²) in [5.41, 5.74) is 0.730. The molecule has 1 N–H and O–H groups in total. The first-order chi connectivity index (χ1) is 8.90. The van der Waals surface area contributed by atoms with E-state index in [1.54, 1.807) is 12.1 Å². The average molecular weight is 298 g/mol. The van der Waals surface area contributed by atoms with Crippen molar-refractivity contribution in [3.05, 3.63) is 51.8 Å². The van der Waals surface area contributed by atoms with Gasteiger partial charge in [-0.3, -0.25) is 4.79 Å². The van der Waals surface area contributed by atoms with Crippen LogP contribution in [0.15, 0.2) is 30.5 Å². The van der Waals surface area contributed by atoms with Crippen molar-refractivity contribution >= 4 is 35.0 Å². The molecule has 0 saturated carbocycles. The summed E-state index contributed by atoms with van der Waals surface area (Å²) >= 11 is 11.8. The standard InChI is InChI=1S/C13H9Cl2NO3/c1-7(17)8-4-12(13(18)19)16(6-8)11-3-2-9(14)5-10(11)15/h2-6H,1H3,(H,18,19). The predicted octanol–water partition coefficient (Wildman–Crippen LogP) is 3.68. The highest BCUT2D eigenvalue weighted by atomic mass is 35.5. The Bertz CT molecular complexity index is 677. The number of hydrogen-bond acceptors (Lipinski definition) is 2. The van der Waals surface area contributed by atoms with E-state index in [0.29, 0.717) is 21.3 Å². The number of carboxylic acid groups (broad SMARTS) is 1. The van der Waals surface area contributed by atoms with Gasteiger partial charge in [-0.25, -0.2) is 4.79 Å². The first kappa shape index (κ1) is 13.6. The summed E-state index contributed by atoms with van der Waals surface area (Å²) in [7, 11) is 0. The minimum Gasteiger partial charge on any atom is -0.477 e. The van der Waals surface area contributed by atoms with E-state index in [1.807, 2.05) is 0 Å². The number of nitrogens with zero attached hydrogens (tertiary/aromatic N) is 1. The average Bonchev–Trinajstić information content (AvgIpc) is 2.73. The Morgan fingerprint density at radius 2 is 1.89 bits per heavy atom. The van der Waals surface area contributed by atoms with E-state index < -0.39 is 5.97 Å². The van der Waals surface area contributed by atoms with Gasteiger partial charge in [0.25, 0.3) is 0 Å². The van der Waals surface area contributed by atoms with Crippen LogP contribution in [0, 0.1) is 0 Å². The summed E-state index contributed by atoms with van der Waals surface area (Å²) in [6, 6.07) is 6.02. The summed E-state index contributed by atoms with van der Waals surface area (Å²) in [5, 5.41) is 9.92. The number of carbonyl (C=O) groups excluding carboxylic acids is 1. The highest BCUT2D eigenvalue weighted by Crippen LogP contribution is 2.26. The molecule has 0 saturated heterocycles. The van der Waals surface area contributed by atoms with Crippen molar-refractivity contribution in [3.8, 4) is 5.69 Å². The number of ketones is 1. The van der Waals surface area contributed by atoms with E-state index in [2.05, 4.69) is 0 Å². The van der Waals surface area contributed by atoms with Gasteiger partial charge >= 0.3 is 5.97 Å². The minimum absolute atomic E-state index is 0.0329. The zero-order chi connectivity index (χ0) is 14.2. The van der Waals surface area contributed by atoms with Gasteiger partial charge in [0.1, 0.15) is 5.69 Å². The minimum atomic E-state index is -1.14. The fraction of sp³-hybridized carbons (Fsp3) is 0.0769. The lowest BCUT2D eigenvalue weighted by atomic mass is 10.2. The Hall–Kier alpha value is -1.78. The Labute approximate surface area is 119 Å². The summed E-state index contributed by atoms with van der Waals surface area (Å²) in [6.45, 7) is 1.37. The van der Waals surface area contributed by atoms with Crippen LogP contribution in [0.2, 0.25) is 10.0 Å². The second-order valence-electron chi connectivity index (χ2n) is 3.94. The molecule has 0 unspecified atom stereocenters. The quantitative estimate of drug-likeness (QED) is 0.879. The van der Waals surface area contributed by atoms with Gasteiger partial charge in [-0.15, -0.1) is 0 Å². The second kappa shape index (κ2) is 5.07.